The van der Waals surface area contributed by atoms with Gasteiger partial charge in [-0.05, 0) is 19.3 Å². The van der Waals surface area contributed by atoms with Crippen LogP contribution in [0.5, 0.6) is 0 Å². The number of nitrogens with one attached hydrogen (secondary N) is 2. The number of rotatable bonds is 30. The number of anilines is 1. The predicted octanol–water partition coefficient (Wildman–Crippen LogP) is 1.98. The normalized spacial score (nSPS) is 20.5. The van der Waals surface area contributed by atoms with Crippen LogP contribution in [-0.4, -0.2) is 134 Å². The molecule has 2 aromatic rings. The lowest BCUT2D eigenvalue weighted by Crippen LogP contribution is -2.46. The molecule has 7 unspecified atom stereocenters. The first-order valence-electron chi connectivity index (χ1n) is 20.0. The summed E-state index contributed by atoms with van der Waals surface area (Å²) in [5.41, 5.74) is 4.24. The van der Waals surface area contributed by atoms with E-state index in [9.17, 15) is 62.7 Å². The Bertz CT molecular complexity index is 2120. The largest absolute Gasteiger partial charge is 0.481 e. The maximum absolute atomic E-state index is 12.7. The molecule has 0 radical (unpaired) electrons. The van der Waals surface area contributed by atoms with Crippen molar-refractivity contribution in [2.45, 2.75) is 102 Å². The van der Waals surface area contributed by atoms with E-state index in [1.807, 2.05) is 12.2 Å². The van der Waals surface area contributed by atoms with Crippen molar-refractivity contribution in [1.29, 1.82) is 0 Å². The number of aliphatic hydroxyl groups is 2. The van der Waals surface area contributed by atoms with Gasteiger partial charge in [-0.3, -0.25) is 37.3 Å². The molecular formula is C35H56N7O19P3S. The van der Waals surface area contributed by atoms with Gasteiger partial charge in [0.25, 0.3) is 0 Å². The molecule has 0 aromatic carbocycles. The number of carbonyl (C=O) groups excluding carboxylic acids is 3. The summed E-state index contributed by atoms with van der Waals surface area (Å²) >= 11 is 1.04. The van der Waals surface area contributed by atoms with E-state index in [2.05, 4.69) is 34.4 Å². The first kappa shape index (κ1) is 55.8. The van der Waals surface area contributed by atoms with Gasteiger partial charge >= 0.3 is 29.4 Å². The molecule has 7 atom stereocenters. The maximum atomic E-state index is 12.7. The van der Waals surface area contributed by atoms with Crippen LogP contribution in [0, 0.1) is 5.41 Å². The Morgan fingerprint density at radius 3 is 2.34 bits per heavy atom. The summed E-state index contributed by atoms with van der Waals surface area (Å²) in [5, 5.41) is 35.0. The Balaban J connectivity index is 1.35. The topological polar surface area (TPSA) is 401 Å². The van der Waals surface area contributed by atoms with Crippen LogP contribution >= 0.6 is 35.2 Å². The standard InChI is InChI=1S/C35H56N7O19P3S/c1-35(2,30(48)33(49)38-16-15-24(43)37-17-18-65-26(46)14-12-10-8-6-4-3-5-7-9-11-13-25(44)45)20-58-64(55,56)61-63(53,54)57-19-23-29(60-62(50,51)52)28(47)34(59-23)42-22-41-27-31(36)39-21-40-32(27)42/h6,8,10,12,21-23,28-30,34,47-48H,3-5,7,9,11,13-20H2,1-2H3,(H,37,43)(H,38,49)(H,44,45)(H,53,54)(H,55,56)(H2,36,39,40)(H2,50,51,52)/b8-6+,12-10+. The molecule has 3 rings (SSSR count). The lowest BCUT2D eigenvalue weighted by Gasteiger charge is -2.30. The predicted molar refractivity (Wildman–Crippen MR) is 230 cm³/mol. The van der Waals surface area contributed by atoms with E-state index < -0.39 is 90.5 Å². The van der Waals surface area contributed by atoms with Crippen LogP contribution in [0.2, 0.25) is 0 Å². The number of hydrogen-bond donors (Lipinski definition) is 10. The number of allylic oxidation sites excluding steroid dienone is 4. The quantitative estimate of drug-likeness (QED) is 0.0304. The number of carboxylic acids is 1. The molecule has 3 heterocycles. The molecule has 1 saturated heterocycles. The molecule has 366 valence electrons. The lowest BCUT2D eigenvalue weighted by atomic mass is 9.87. The van der Waals surface area contributed by atoms with Gasteiger partial charge in [0, 0.05) is 43.5 Å². The smallest absolute Gasteiger partial charge is 0.481 e. The number of aliphatic carboxylic acids is 1. The Morgan fingerprint density at radius 1 is 0.954 bits per heavy atom. The molecule has 0 bridgehead atoms. The first-order chi connectivity index (χ1) is 30.4. The third-order valence-electron chi connectivity index (χ3n) is 9.19. The number of imidazole rings is 1. The molecule has 2 aromatic heterocycles. The van der Waals surface area contributed by atoms with Crippen LogP contribution in [0.15, 0.2) is 37.0 Å². The number of nitrogens with zero attached hydrogens (tertiary/aromatic N) is 4. The Labute approximate surface area is 377 Å². The molecule has 0 saturated carbocycles. The second kappa shape index (κ2) is 26.2. The third kappa shape index (κ3) is 20.1. The van der Waals surface area contributed by atoms with Crippen molar-refractivity contribution < 1.29 is 90.4 Å². The molecule has 26 nitrogen and oxygen atoms in total. The molecule has 1 fully saturated rings. The Morgan fingerprint density at radius 2 is 1.63 bits per heavy atom. The minimum atomic E-state index is -5.59. The molecular weight excluding hydrogens is 947 g/mol. The average molecular weight is 1000 g/mol. The number of phosphoric acid groups is 3. The van der Waals surface area contributed by atoms with E-state index in [0.29, 0.717) is 12.2 Å². The Kier molecular flexibility index (Phi) is 22.5. The van der Waals surface area contributed by atoms with Crippen molar-refractivity contribution in [3.8, 4) is 0 Å². The van der Waals surface area contributed by atoms with Gasteiger partial charge in [0.2, 0.25) is 11.8 Å². The summed E-state index contributed by atoms with van der Waals surface area (Å²) in [7, 11) is -16.4. The molecule has 11 N–H and O–H groups in total. The van der Waals surface area contributed by atoms with E-state index in [1.165, 1.54) is 13.8 Å². The molecule has 30 heteroatoms. The minimum Gasteiger partial charge on any atom is -0.481 e. The summed E-state index contributed by atoms with van der Waals surface area (Å²) in [5.74, 6) is -1.96. The lowest BCUT2D eigenvalue weighted by molar-refractivity contribution is -0.137. The average Bonchev–Trinajstić information content (AvgIpc) is 3.77. The van der Waals surface area contributed by atoms with Crippen LogP contribution in [0.3, 0.4) is 0 Å². The molecule has 1 aliphatic rings. The zero-order valence-corrected chi connectivity index (χ0v) is 38.9. The van der Waals surface area contributed by atoms with Gasteiger partial charge in [-0.1, -0.05) is 69.2 Å². The summed E-state index contributed by atoms with van der Waals surface area (Å²) < 4.78 is 62.3. The zero-order chi connectivity index (χ0) is 48.4. The van der Waals surface area contributed by atoms with Gasteiger partial charge in [-0.15, -0.1) is 0 Å². The second-order valence-corrected chi connectivity index (χ2v) is 20.4. The van der Waals surface area contributed by atoms with Crippen LogP contribution in [0.1, 0.15) is 77.9 Å². The second-order valence-electron chi connectivity index (χ2n) is 15.1. The first-order valence-corrected chi connectivity index (χ1v) is 25.5. The maximum Gasteiger partial charge on any atom is 0.481 e. The highest BCUT2D eigenvalue weighted by atomic mass is 32.2. The number of nitrogen functional groups attached to an aromatic ring is 1. The van der Waals surface area contributed by atoms with Gasteiger partial charge in [0.15, 0.2) is 22.8 Å². The van der Waals surface area contributed by atoms with E-state index >= 15 is 0 Å². The summed E-state index contributed by atoms with van der Waals surface area (Å²) in [6, 6.07) is 0. The number of unbranched alkanes of at least 4 members (excludes halogenated alkanes) is 5. The summed E-state index contributed by atoms with van der Waals surface area (Å²) in [4.78, 5) is 98.5. The van der Waals surface area contributed by atoms with Crippen LogP contribution in [0.4, 0.5) is 5.82 Å². The number of aliphatic hydroxyl groups excluding tert-OH is 2. The number of hydrogen-bond acceptors (Lipinski definition) is 19. The van der Waals surface area contributed by atoms with Crippen molar-refractivity contribution in [3.05, 3.63) is 37.0 Å². The van der Waals surface area contributed by atoms with Crippen molar-refractivity contribution in [2.75, 3.05) is 37.8 Å². The number of nitrogens with two attached hydrogens (primary N) is 1. The molecule has 0 spiro atoms. The van der Waals surface area contributed by atoms with Gasteiger partial charge in [0.05, 0.1) is 19.5 Å². The zero-order valence-electron chi connectivity index (χ0n) is 35.4. The number of phosphoric ester groups is 3. The number of amides is 2. The molecule has 0 aliphatic carbocycles. The number of thioether (sulfide) groups is 1. The fourth-order valence-electron chi connectivity index (χ4n) is 5.84. The van der Waals surface area contributed by atoms with E-state index in [4.69, 9.17) is 24.6 Å². The molecule has 2 amide bonds. The highest BCUT2D eigenvalue weighted by Gasteiger charge is 2.50. The number of aromatic nitrogens is 4. The number of fused-ring (bicyclic) bond motifs is 1. The van der Waals surface area contributed by atoms with Gasteiger partial charge in [-0.2, -0.15) is 4.31 Å². The SMILES string of the molecule is CC(C)(COP(=O)(O)OP(=O)(O)OCC1OC(n2cnc3c(N)ncnc32)C(O)C1OP(=O)(O)O)C(O)C(=O)NCCC(=O)NCCSC(=O)C/C=C/C=C/CCCCCCCC(=O)O. The van der Waals surface area contributed by atoms with Crippen LogP contribution in [0.25, 0.3) is 11.2 Å². The fraction of sp³-hybridized carbons (Fsp3) is 0.629. The van der Waals surface area contributed by atoms with Crippen LogP contribution < -0.4 is 16.4 Å². The number of carboxylic acid groups (broad SMARTS) is 1. The summed E-state index contributed by atoms with van der Waals surface area (Å²) in [6.07, 6.45) is 6.26. The van der Waals surface area contributed by atoms with Crippen LogP contribution in [-0.2, 0) is 55.5 Å². The van der Waals surface area contributed by atoms with Gasteiger partial charge in [-0.25, -0.2) is 28.6 Å². The van der Waals surface area contributed by atoms with Crippen molar-refractivity contribution >= 4 is 75.1 Å². The highest BCUT2D eigenvalue weighted by Crippen LogP contribution is 2.61. The molecule has 65 heavy (non-hydrogen) atoms. The number of carbonyl (C=O) groups is 4. The van der Waals surface area contributed by atoms with Crippen molar-refractivity contribution in [3.63, 3.8) is 0 Å². The fourth-order valence-corrected chi connectivity index (χ4v) is 9.32. The highest BCUT2D eigenvalue weighted by molar-refractivity contribution is 8.13. The van der Waals surface area contributed by atoms with E-state index in [0.717, 1.165) is 61.1 Å². The number of ether oxygens (including phenoxy) is 1. The Hall–Kier alpha value is -3.49. The van der Waals surface area contributed by atoms with Gasteiger partial charge in [0.1, 0.15) is 36.3 Å². The van der Waals surface area contributed by atoms with Crippen molar-refractivity contribution in [2.24, 2.45) is 5.41 Å². The van der Waals surface area contributed by atoms with Crippen molar-refractivity contribution in [1.82, 2.24) is 30.2 Å². The van der Waals surface area contributed by atoms with E-state index in [1.54, 1.807) is 12.2 Å². The third-order valence-corrected chi connectivity index (χ3v) is 13.2. The summed E-state index contributed by atoms with van der Waals surface area (Å²) in [6.45, 7) is 0.403. The van der Waals surface area contributed by atoms with Gasteiger partial charge < -0.3 is 56.0 Å². The van der Waals surface area contributed by atoms with E-state index in [-0.39, 0.29) is 54.4 Å². The minimum absolute atomic E-state index is 0.0244. The molecule has 1 aliphatic heterocycles. The monoisotopic (exact) mass is 1000 g/mol.